The first kappa shape index (κ1) is 17.8. The van der Waals surface area contributed by atoms with Crippen molar-refractivity contribution in [3.63, 3.8) is 0 Å². The van der Waals surface area contributed by atoms with E-state index in [1.165, 1.54) is 18.2 Å². The zero-order chi connectivity index (χ0) is 19.1. The third-order valence-electron chi connectivity index (χ3n) is 3.66. The van der Waals surface area contributed by atoms with Crippen molar-refractivity contribution in [2.45, 2.75) is 12.4 Å². The zero-order valence-corrected chi connectivity index (χ0v) is 12.8. The Kier molecular flexibility index (Phi) is 4.17. The van der Waals surface area contributed by atoms with Gasteiger partial charge in [-0.05, 0) is 48.5 Å². The average molecular weight is 372 g/mol. The molecule has 2 N–H and O–H groups in total. The predicted octanol–water partition coefficient (Wildman–Crippen LogP) is 5.46. The Bertz CT molecular complexity index is 954. The lowest BCUT2D eigenvalue weighted by atomic mass is 10.1. The lowest BCUT2D eigenvalue weighted by Crippen LogP contribution is -2.12. The maximum absolute atomic E-state index is 12.7. The van der Waals surface area contributed by atoms with Gasteiger partial charge in [0.05, 0.1) is 5.56 Å². The molecule has 0 spiro atoms. The van der Waals surface area contributed by atoms with Crippen LogP contribution in [0.3, 0.4) is 0 Å². The quantitative estimate of drug-likeness (QED) is 0.577. The van der Waals surface area contributed by atoms with Gasteiger partial charge in [-0.2, -0.15) is 26.3 Å². The average Bonchev–Trinajstić information content (AvgIpc) is 2.98. The highest BCUT2D eigenvalue weighted by Gasteiger charge is 2.32. The third kappa shape index (κ3) is 3.66. The maximum atomic E-state index is 12.7. The van der Waals surface area contributed by atoms with E-state index in [-0.39, 0.29) is 22.2 Å². The van der Waals surface area contributed by atoms with E-state index in [1.54, 1.807) is 0 Å². The number of H-pyrrole nitrogens is 1. The summed E-state index contributed by atoms with van der Waals surface area (Å²) in [6.07, 6.45) is -9.03. The predicted molar refractivity (Wildman–Crippen MR) is 82.7 cm³/mol. The van der Waals surface area contributed by atoms with E-state index in [9.17, 15) is 31.1 Å². The lowest BCUT2D eigenvalue weighted by Gasteiger charge is -2.08. The van der Waals surface area contributed by atoms with Crippen LogP contribution in [0.15, 0.2) is 48.5 Å². The summed E-state index contributed by atoms with van der Waals surface area (Å²) in [4.78, 5) is 14.3. The van der Waals surface area contributed by atoms with Gasteiger partial charge in [0.15, 0.2) is 0 Å². The minimum atomic E-state index is -4.53. The molecule has 0 bridgehead atoms. The first-order chi connectivity index (χ1) is 12.0. The molecule has 0 aliphatic carbocycles. The van der Waals surface area contributed by atoms with Crippen molar-refractivity contribution in [2.24, 2.45) is 0 Å². The van der Waals surface area contributed by atoms with Gasteiger partial charge in [0.2, 0.25) is 0 Å². The first-order valence-corrected chi connectivity index (χ1v) is 7.22. The van der Waals surface area contributed by atoms with E-state index in [1.807, 2.05) is 0 Å². The van der Waals surface area contributed by atoms with E-state index in [2.05, 4.69) is 10.3 Å². The van der Waals surface area contributed by atoms with Crippen molar-refractivity contribution in [3.05, 3.63) is 65.4 Å². The molecule has 0 saturated heterocycles. The minimum absolute atomic E-state index is 0.0110. The topological polar surface area (TPSA) is 44.9 Å². The second kappa shape index (κ2) is 6.08. The van der Waals surface area contributed by atoms with Gasteiger partial charge in [-0.25, -0.2) is 0 Å². The molecule has 0 saturated carbocycles. The van der Waals surface area contributed by atoms with Crippen LogP contribution in [0.25, 0.3) is 10.9 Å². The smallest absolute Gasteiger partial charge is 0.351 e. The molecule has 1 aromatic heterocycles. The van der Waals surface area contributed by atoms with E-state index in [0.717, 1.165) is 30.3 Å². The molecule has 2 aromatic carbocycles. The van der Waals surface area contributed by atoms with Crippen LogP contribution < -0.4 is 5.32 Å². The second-order valence-electron chi connectivity index (χ2n) is 5.51. The fourth-order valence-corrected chi connectivity index (χ4v) is 2.38. The fourth-order valence-electron chi connectivity index (χ4n) is 2.38. The molecule has 0 fully saturated rings. The van der Waals surface area contributed by atoms with Crippen molar-refractivity contribution in [1.82, 2.24) is 4.98 Å². The van der Waals surface area contributed by atoms with Gasteiger partial charge in [0, 0.05) is 22.2 Å². The van der Waals surface area contributed by atoms with Gasteiger partial charge < -0.3 is 10.3 Å². The van der Waals surface area contributed by atoms with Gasteiger partial charge in [-0.1, -0.05) is 0 Å². The normalized spacial score (nSPS) is 12.4. The summed E-state index contributed by atoms with van der Waals surface area (Å²) in [6.45, 7) is 0. The van der Waals surface area contributed by atoms with Gasteiger partial charge in [-0.3, -0.25) is 4.79 Å². The van der Waals surface area contributed by atoms with Crippen LogP contribution in [-0.2, 0) is 12.4 Å². The van der Waals surface area contributed by atoms with Crippen LogP contribution >= 0.6 is 0 Å². The summed E-state index contributed by atoms with van der Waals surface area (Å²) in [5.41, 5.74) is -1.36. The molecule has 0 unspecified atom stereocenters. The number of alkyl halides is 6. The first-order valence-electron chi connectivity index (χ1n) is 7.22. The van der Waals surface area contributed by atoms with Crippen molar-refractivity contribution in [3.8, 4) is 0 Å². The Labute approximate surface area is 142 Å². The molecule has 3 nitrogen and oxygen atoms in total. The Hall–Kier alpha value is -2.97. The SMILES string of the molecule is O=C(Nc1ccc2[nH]c(C(F)(F)F)cc2c1)c1ccc(C(F)(F)F)cc1. The van der Waals surface area contributed by atoms with E-state index in [0.29, 0.717) is 0 Å². The van der Waals surface area contributed by atoms with E-state index < -0.39 is 29.5 Å². The van der Waals surface area contributed by atoms with Crippen molar-refractivity contribution >= 4 is 22.5 Å². The van der Waals surface area contributed by atoms with Crippen LogP contribution in [0.2, 0.25) is 0 Å². The summed E-state index contributed by atoms with van der Waals surface area (Å²) in [5.74, 6) is -0.676. The highest BCUT2D eigenvalue weighted by atomic mass is 19.4. The van der Waals surface area contributed by atoms with Gasteiger partial charge >= 0.3 is 12.4 Å². The van der Waals surface area contributed by atoms with Crippen LogP contribution in [0.4, 0.5) is 32.0 Å². The molecule has 1 heterocycles. The van der Waals surface area contributed by atoms with Crippen LogP contribution in [0.5, 0.6) is 0 Å². The Balaban J connectivity index is 1.80. The Morgan fingerprint density at radius 3 is 2.08 bits per heavy atom. The number of fused-ring (bicyclic) bond motifs is 1. The monoisotopic (exact) mass is 372 g/mol. The van der Waals surface area contributed by atoms with E-state index >= 15 is 0 Å². The molecule has 3 aromatic rings. The number of anilines is 1. The van der Waals surface area contributed by atoms with Crippen LogP contribution in [0.1, 0.15) is 21.6 Å². The number of hydrogen-bond donors (Lipinski definition) is 2. The van der Waals surface area contributed by atoms with Crippen molar-refractivity contribution in [1.29, 1.82) is 0 Å². The summed E-state index contributed by atoms with van der Waals surface area (Å²) in [6, 6.07) is 8.60. The molecule has 1 amide bonds. The van der Waals surface area contributed by atoms with Gasteiger partial charge in [0.1, 0.15) is 5.69 Å². The highest BCUT2D eigenvalue weighted by molar-refractivity contribution is 6.05. The zero-order valence-electron chi connectivity index (χ0n) is 12.8. The van der Waals surface area contributed by atoms with Crippen LogP contribution in [0, 0.1) is 0 Å². The number of benzene rings is 2. The number of aromatic nitrogens is 1. The number of amides is 1. The highest BCUT2D eigenvalue weighted by Crippen LogP contribution is 2.32. The standard InChI is InChI=1S/C17H10F6N2O/c18-16(19,20)11-3-1-9(2-4-11)15(26)24-12-5-6-13-10(7-12)8-14(25-13)17(21,22)23/h1-8,25H,(H,24,26). The summed E-state index contributed by atoms with van der Waals surface area (Å²) >= 11 is 0. The summed E-state index contributed by atoms with van der Waals surface area (Å²) < 4.78 is 75.6. The summed E-state index contributed by atoms with van der Waals surface area (Å²) in [7, 11) is 0. The molecular weight excluding hydrogens is 362 g/mol. The molecule has 0 aliphatic rings. The van der Waals surface area contributed by atoms with Gasteiger partial charge in [0.25, 0.3) is 5.91 Å². The van der Waals surface area contributed by atoms with Gasteiger partial charge in [-0.15, -0.1) is 0 Å². The molecule has 9 heteroatoms. The van der Waals surface area contributed by atoms with Crippen molar-refractivity contribution in [2.75, 3.05) is 5.32 Å². The molecule has 26 heavy (non-hydrogen) atoms. The van der Waals surface area contributed by atoms with Crippen molar-refractivity contribution < 1.29 is 31.1 Å². The lowest BCUT2D eigenvalue weighted by molar-refractivity contribution is -0.140. The van der Waals surface area contributed by atoms with Crippen LogP contribution in [-0.4, -0.2) is 10.9 Å². The number of halogens is 6. The number of nitrogens with one attached hydrogen (secondary N) is 2. The number of hydrogen-bond acceptors (Lipinski definition) is 1. The molecule has 0 atom stereocenters. The largest absolute Gasteiger partial charge is 0.431 e. The number of rotatable bonds is 2. The molecule has 3 rings (SSSR count). The summed E-state index contributed by atoms with van der Waals surface area (Å²) in [5, 5.41) is 2.68. The minimum Gasteiger partial charge on any atom is -0.351 e. The second-order valence-corrected chi connectivity index (χ2v) is 5.51. The Morgan fingerprint density at radius 2 is 1.50 bits per heavy atom. The molecule has 0 radical (unpaired) electrons. The Morgan fingerprint density at radius 1 is 0.846 bits per heavy atom. The number of carbonyl (C=O) groups is 1. The number of carbonyl (C=O) groups excluding carboxylic acids is 1. The van der Waals surface area contributed by atoms with E-state index in [4.69, 9.17) is 0 Å². The fraction of sp³-hybridized carbons (Fsp3) is 0.118. The molecular formula is C17H10F6N2O. The molecule has 136 valence electrons. The molecule has 0 aliphatic heterocycles. The number of aromatic amines is 1. The third-order valence-corrected chi connectivity index (χ3v) is 3.66. The maximum Gasteiger partial charge on any atom is 0.431 e.